The lowest BCUT2D eigenvalue weighted by Crippen LogP contribution is -2.34. The number of nitrogen functional groups attached to an aromatic ring is 1. The summed E-state index contributed by atoms with van der Waals surface area (Å²) in [5.74, 6) is -0.765. The van der Waals surface area contributed by atoms with Gasteiger partial charge in [-0.25, -0.2) is 4.98 Å². The minimum absolute atomic E-state index is 0.452. The maximum Gasteiger partial charge on any atom is 0.313 e. The van der Waals surface area contributed by atoms with E-state index >= 15 is 0 Å². The number of aromatic nitrogens is 1. The van der Waals surface area contributed by atoms with E-state index in [0.717, 1.165) is 0 Å². The van der Waals surface area contributed by atoms with E-state index in [9.17, 15) is 0 Å². The van der Waals surface area contributed by atoms with Gasteiger partial charge in [0.1, 0.15) is 5.82 Å². The maximum absolute atomic E-state index is 5.56. The van der Waals surface area contributed by atoms with Gasteiger partial charge in [-0.2, -0.15) is 0 Å². The van der Waals surface area contributed by atoms with Gasteiger partial charge in [0.15, 0.2) is 0 Å². The minimum atomic E-state index is -1.22. The van der Waals surface area contributed by atoms with Crippen LogP contribution in [-0.4, -0.2) is 26.3 Å². The van der Waals surface area contributed by atoms with Gasteiger partial charge in [-0.1, -0.05) is 0 Å². The smallest absolute Gasteiger partial charge is 0.313 e. The van der Waals surface area contributed by atoms with Crippen molar-refractivity contribution >= 4 is 5.82 Å². The molecule has 0 fully saturated rings. The van der Waals surface area contributed by atoms with Crippen LogP contribution in [0.3, 0.4) is 0 Å². The van der Waals surface area contributed by atoms with Gasteiger partial charge in [-0.05, 0) is 19.1 Å². The zero-order valence-electron chi connectivity index (χ0n) is 9.40. The highest BCUT2D eigenvalue weighted by atomic mass is 16.9. The van der Waals surface area contributed by atoms with Gasteiger partial charge >= 0.3 is 5.97 Å². The van der Waals surface area contributed by atoms with Crippen LogP contribution in [0.1, 0.15) is 11.3 Å². The van der Waals surface area contributed by atoms with Gasteiger partial charge in [-0.15, -0.1) is 0 Å². The Labute approximate surface area is 89.2 Å². The molecule has 0 saturated heterocycles. The molecule has 0 spiro atoms. The van der Waals surface area contributed by atoms with Crippen molar-refractivity contribution < 1.29 is 14.2 Å². The van der Waals surface area contributed by atoms with Crippen LogP contribution in [0.2, 0.25) is 0 Å². The molecule has 84 valence electrons. The van der Waals surface area contributed by atoms with Crippen LogP contribution in [0.25, 0.3) is 0 Å². The van der Waals surface area contributed by atoms with Crippen molar-refractivity contribution in [2.24, 2.45) is 0 Å². The lowest BCUT2D eigenvalue weighted by atomic mass is 10.1. The Kier molecular flexibility index (Phi) is 3.62. The van der Waals surface area contributed by atoms with Gasteiger partial charge in [0.05, 0.1) is 11.3 Å². The highest BCUT2D eigenvalue weighted by Gasteiger charge is 2.34. The Balaban J connectivity index is 3.22. The van der Waals surface area contributed by atoms with Crippen molar-refractivity contribution in [2.75, 3.05) is 27.1 Å². The third-order valence-corrected chi connectivity index (χ3v) is 2.24. The van der Waals surface area contributed by atoms with Crippen molar-refractivity contribution in [1.82, 2.24) is 4.98 Å². The van der Waals surface area contributed by atoms with E-state index in [1.54, 1.807) is 12.1 Å². The Morgan fingerprint density at radius 2 is 1.67 bits per heavy atom. The van der Waals surface area contributed by atoms with Crippen LogP contribution in [0.4, 0.5) is 5.82 Å². The van der Waals surface area contributed by atoms with E-state index in [1.165, 1.54) is 21.3 Å². The van der Waals surface area contributed by atoms with E-state index in [-0.39, 0.29) is 0 Å². The summed E-state index contributed by atoms with van der Waals surface area (Å²) < 4.78 is 15.7. The molecule has 0 aliphatic carbocycles. The first-order valence-corrected chi connectivity index (χ1v) is 4.48. The standard InChI is InChI=1S/C10H16N2O3/c1-7-8(5-6-9(11)12-7)10(13-2,14-3)15-4/h5-6H,1-4H3,(H2,11,12). The van der Waals surface area contributed by atoms with Crippen LogP contribution in [0, 0.1) is 6.92 Å². The summed E-state index contributed by atoms with van der Waals surface area (Å²) in [4.78, 5) is 4.12. The maximum atomic E-state index is 5.56. The summed E-state index contributed by atoms with van der Waals surface area (Å²) in [6.45, 7) is 1.82. The average molecular weight is 212 g/mol. The molecule has 1 heterocycles. The van der Waals surface area contributed by atoms with E-state index in [1.807, 2.05) is 6.92 Å². The number of hydrogen-bond acceptors (Lipinski definition) is 5. The second kappa shape index (κ2) is 4.57. The molecule has 0 atom stereocenters. The quantitative estimate of drug-likeness (QED) is 0.755. The van der Waals surface area contributed by atoms with Crippen molar-refractivity contribution in [3.05, 3.63) is 23.4 Å². The number of methoxy groups -OCH3 is 3. The molecular formula is C10H16N2O3. The summed E-state index contributed by atoms with van der Waals surface area (Å²) in [5, 5.41) is 0. The van der Waals surface area contributed by atoms with Crippen molar-refractivity contribution in [2.45, 2.75) is 12.9 Å². The van der Waals surface area contributed by atoms with Gasteiger partial charge in [0, 0.05) is 21.3 Å². The van der Waals surface area contributed by atoms with Gasteiger partial charge in [0.25, 0.3) is 0 Å². The first kappa shape index (κ1) is 11.9. The molecule has 2 N–H and O–H groups in total. The highest BCUT2D eigenvalue weighted by molar-refractivity contribution is 5.35. The molecule has 0 saturated carbocycles. The normalized spacial score (nSPS) is 11.7. The predicted molar refractivity (Wildman–Crippen MR) is 56.1 cm³/mol. The molecule has 1 aromatic rings. The van der Waals surface area contributed by atoms with Gasteiger partial charge in [0.2, 0.25) is 0 Å². The van der Waals surface area contributed by atoms with E-state index in [0.29, 0.717) is 17.1 Å². The second-order valence-electron chi connectivity index (χ2n) is 3.04. The molecule has 0 aliphatic heterocycles. The molecule has 0 aliphatic rings. The summed E-state index contributed by atoms with van der Waals surface area (Å²) in [5.41, 5.74) is 6.97. The molecule has 15 heavy (non-hydrogen) atoms. The fourth-order valence-corrected chi connectivity index (χ4v) is 1.48. The molecule has 1 aromatic heterocycles. The number of ether oxygens (including phenoxy) is 3. The fourth-order valence-electron chi connectivity index (χ4n) is 1.48. The largest absolute Gasteiger partial charge is 0.384 e. The van der Waals surface area contributed by atoms with Crippen LogP contribution in [-0.2, 0) is 20.2 Å². The molecule has 5 heteroatoms. The van der Waals surface area contributed by atoms with E-state index in [4.69, 9.17) is 19.9 Å². The van der Waals surface area contributed by atoms with Crippen molar-refractivity contribution in [3.8, 4) is 0 Å². The second-order valence-corrected chi connectivity index (χ2v) is 3.04. The zero-order chi connectivity index (χ0) is 11.5. The predicted octanol–water partition coefficient (Wildman–Crippen LogP) is 1.02. The molecule has 5 nitrogen and oxygen atoms in total. The summed E-state index contributed by atoms with van der Waals surface area (Å²) in [7, 11) is 4.51. The molecule has 1 rings (SSSR count). The van der Waals surface area contributed by atoms with Gasteiger partial charge < -0.3 is 19.9 Å². The number of anilines is 1. The highest BCUT2D eigenvalue weighted by Crippen LogP contribution is 2.28. The number of nitrogens with two attached hydrogens (primary N) is 1. The Morgan fingerprint density at radius 3 is 2.07 bits per heavy atom. The first-order chi connectivity index (χ1) is 7.09. The average Bonchev–Trinajstić information content (AvgIpc) is 2.23. The molecule has 0 unspecified atom stereocenters. The SMILES string of the molecule is COC(OC)(OC)c1ccc(N)nc1C. The summed E-state index contributed by atoms with van der Waals surface area (Å²) in [6.07, 6.45) is 0. The first-order valence-electron chi connectivity index (χ1n) is 4.48. The topological polar surface area (TPSA) is 66.6 Å². The molecule has 0 amide bonds. The molecule has 0 bridgehead atoms. The Morgan fingerprint density at radius 1 is 1.13 bits per heavy atom. The Hall–Kier alpha value is -1.17. The van der Waals surface area contributed by atoms with Gasteiger partial charge in [-0.3, -0.25) is 0 Å². The summed E-state index contributed by atoms with van der Waals surface area (Å²) >= 11 is 0. The van der Waals surface area contributed by atoms with Crippen LogP contribution < -0.4 is 5.73 Å². The number of pyridine rings is 1. The van der Waals surface area contributed by atoms with E-state index in [2.05, 4.69) is 4.98 Å². The Bertz CT molecular complexity index is 329. The monoisotopic (exact) mass is 212 g/mol. The fraction of sp³-hybridized carbons (Fsp3) is 0.500. The number of hydrogen-bond donors (Lipinski definition) is 1. The molecular weight excluding hydrogens is 196 g/mol. The van der Waals surface area contributed by atoms with Crippen molar-refractivity contribution in [1.29, 1.82) is 0 Å². The zero-order valence-corrected chi connectivity index (χ0v) is 9.40. The lowest BCUT2D eigenvalue weighted by Gasteiger charge is -2.29. The van der Waals surface area contributed by atoms with Crippen LogP contribution in [0.15, 0.2) is 12.1 Å². The number of nitrogens with zero attached hydrogens (tertiary/aromatic N) is 1. The minimum Gasteiger partial charge on any atom is -0.384 e. The molecule has 0 aromatic carbocycles. The lowest BCUT2D eigenvalue weighted by molar-refractivity contribution is -0.365. The number of rotatable bonds is 4. The number of aryl methyl sites for hydroxylation is 1. The third-order valence-electron chi connectivity index (χ3n) is 2.24. The van der Waals surface area contributed by atoms with Crippen molar-refractivity contribution in [3.63, 3.8) is 0 Å². The van der Waals surface area contributed by atoms with E-state index < -0.39 is 5.97 Å². The summed E-state index contributed by atoms with van der Waals surface area (Å²) in [6, 6.07) is 3.45. The van der Waals surface area contributed by atoms with Crippen LogP contribution >= 0.6 is 0 Å². The van der Waals surface area contributed by atoms with Crippen LogP contribution in [0.5, 0.6) is 0 Å². The third kappa shape index (κ3) is 2.09. The molecule has 0 radical (unpaired) electrons.